The van der Waals surface area contributed by atoms with Gasteiger partial charge in [-0.1, -0.05) is 39.8 Å². The second-order valence-electron chi connectivity index (χ2n) is 3.67. The third-order valence-corrected chi connectivity index (χ3v) is 3.82. The van der Waals surface area contributed by atoms with Gasteiger partial charge in [0, 0.05) is 22.6 Å². The fourth-order valence-electron chi connectivity index (χ4n) is 1.50. The van der Waals surface area contributed by atoms with Crippen LogP contribution in [0.1, 0.15) is 5.56 Å². The lowest BCUT2D eigenvalue weighted by atomic mass is 10.2. The smallest absolute Gasteiger partial charge is 0.220 e. The van der Waals surface area contributed by atoms with Crippen molar-refractivity contribution in [3.8, 4) is 0 Å². The summed E-state index contributed by atoms with van der Waals surface area (Å²) in [5, 5.41) is 5.09. The van der Waals surface area contributed by atoms with Crippen molar-refractivity contribution < 1.29 is 0 Å². The van der Waals surface area contributed by atoms with Gasteiger partial charge in [0.25, 0.3) is 5.78 Å². The van der Waals surface area contributed by atoms with Gasteiger partial charge < -0.3 is 0 Å². The second kappa shape index (κ2) is 5.07. The minimum absolute atomic E-state index is 0.635. The number of hydrogen-bond donors (Lipinski definition) is 0. The van der Waals surface area contributed by atoms with Crippen molar-refractivity contribution in [1.82, 2.24) is 19.6 Å². The molecular formula is C12H9BrN4S. The van der Waals surface area contributed by atoms with E-state index in [1.54, 1.807) is 22.5 Å². The van der Waals surface area contributed by atoms with Crippen LogP contribution in [0.25, 0.3) is 5.78 Å². The van der Waals surface area contributed by atoms with Crippen molar-refractivity contribution in [3.05, 3.63) is 52.8 Å². The van der Waals surface area contributed by atoms with E-state index in [0.29, 0.717) is 5.78 Å². The summed E-state index contributed by atoms with van der Waals surface area (Å²) >= 11 is 5.03. The number of benzene rings is 1. The van der Waals surface area contributed by atoms with E-state index in [-0.39, 0.29) is 0 Å². The number of rotatable bonds is 3. The van der Waals surface area contributed by atoms with Gasteiger partial charge in [0.2, 0.25) is 5.16 Å². The zero-order chi connectivity index (χ0) is 12.4. The van der Waals surface area contributed by atoms with E-state index in [1.165, 1.54) is 5.56 Å². The monoisotopic (exact) mass is 320 g/mol. The van der Waals surface area contributed by atoms with Gasteiger partial charge in [-0.3, -0.25) is 0 Å². The summed E-state index contributed by atoms with van der Waals surface area (Å²) in [4.78, 5) is 8.48. The molecule has 0 amide bonds. The van der Waals surface area contributed by atoms with Crippen molar-refractivity contribution in [3.63, 3.8) is 0 Å². The van der Waals surface area contributed by atoms with Crippen LogP contribution in [0.15, 0.2) is 52.4 Å². The molecule has 0 bridgehead atoms. The molecule has 0 radical (unpaired) electrons. The molecule has 0 unspecified atom stereocenters. The van der Waals surface area contributed by atoms with Crippen molar-refractivity contribution in [1.29, 1.82) is 0 Å². The molecule has 3 rings (SSSR count). The topological polar surface area (TPSA) is 43.1 Å². The van der Waals surface area contributed by atoms with Gasteiger partial charge in [0.05, 0.1) is 0 Å². The maximum absolute atomic E-state index is 4.34. The maximum atomic E-state index is 4.34. The van der Waals surface area contributed by atoms with Gasteiger partial charge >= 0.3 is 0 Å². The summed E-state index contributed by atoms with van der Waals surface area (Å²) in [5.41, 5.74) is 1.25. The average Bonchev–Trinajstić information content (AvgIpc) is 2.81. The molecule has 4 nitrogen and oxygen atoms in total. The normalized spacial score (nSPS) is 10.9. The Bertz CT molecular complexity index is 632. The fraction of sp³-hybridized carbons (Fsp3) is 0.0833. The van der Waals surface area contributed by atoms with E-state index in [4.69, 9.17) is 0 Å². The van der Waals surface area contributed by atoms with Crippen LogP contribution in [0, 0.1) is 0 Å². The highest BCUT2D eigenvalue weighted by molar-refractivity contribution is 9.10. The number of thioether (sulfide) groups is 1. The lowest BCUT2D eigenvalue weighted by molar-refractivity contribution is 0.879. The zero-order valence-electron chi connectivity index (χ0n) is 9.32. The number of nitrogens with zero attached hydrogens (tertiary/aromatic N) is 4. The van der Waals surface area contributed by atoms with E-state index in [2.05, 4.69) is 43.1 Å². The number of aromatic nitrogens is 4. The Morgan fingerprint density at radius 1 is 1.22 bits per heavy atom. The van der Waals surface area contributed by atoms with Crippen molar-refractivity contribution >= 4 is 33.5 Å². The summed E-state index contributed by atoms with van der Waals surface area (Å²) < 4.78 is 2.77. The number of halogens is 1. The van der Waals surface area contributed by atoms with Gasteiger partial charge in [-0.2, -0.15) is 4.98 Å². The Kier molecular flexibility index (Phi) is 3.29. The number of hydrogen-bond acceptors (Lipinski definition) is 4. The molecule has 0 N–H and O–H groups in total. The van der Waals surface area contributed by atoms with Crippen LogP contribution in [0.5, 0.6) is 0 Å². The summed E-state index contributed by atoms with van der Waals surface area (Å²) in [6.07, 6.45) is 3.56. The predicted molar refractivity (Wildman–Crippen MR) is 74.5 cm³/mol. The minimum atomic E-state index is 0.635. The van der Waals surface area contributed by atoms with Crippen LogP contribution in [0.2, 0.25) is 0 Å². The molecule has 1 aromatic carbocycles. The van der Waals surface area contributed by atoms with Crippen LogP contribution >= 0.6 is 27.7 Å². The van der Waals surface area contributed by atoms with Gasteiger partial charge in [-0.05, 0) is 23.8 Å². The van der Waals surface area contributed by atoms with Gasteiger partial charge in [-0.15, -0.1) is 5.10 Å². The Balaban J connectivity index is 1.74. The molecule has 0 atom stereocenters. The lowest BCUT2D eigenvalue weighted by Crippen LogP contribution is -1.87. The lowest BCUT2D eigenvalue weighted by Gasteiger charge is -1.98. The Labute approximate surface area is 117 Å². The van der Waals surface area contributed by atoms with Crippen molar-refractivity contribution in [2.24, 2.45) is 0 Å². The van der Waals surface area contributed by atoms with E-state index in [0.717, 1.165) is 15.4 Å². The molecule has 0 fully saturated rings. The third-order valence-electron chi connectivity index (χ3n) is 2.38. The van der Waals surface area contributed by atoms with E-state index in [1.807, 2.05) is 24.4 Å². The average molecular weight is 321 g/mol. The molecule has 3 aromatic rings. The quantitative estimate of drug-likeness (QED) is 0.695. The molecular weight excluding hydrogens is 312 g/mol. The first-order valence-corrected chi connectivity index (χ1v) is 7.14. The highest BCUT2D eigenvalue weighted by Gasteiger charge is 2.04. The molecule has 0 aliphatic carbocycles. The first-order valence-electron chi connectivity index (χ1n) is 5.36. The van der Waals surface area contributed by atoms with Crippen molar-refractivity contribution in [2.45, 2.75) is 10.9 Å². The molecule has 0 aliphatic rings. The Morgan fingerprint density at radius 3 is 2.83 bits per heavy atom. The van der Waals surface area contributed by atoms with E-state index >= 15 is 0 Å². The predicted octanol–water partition coefficient (Wildman–Crippen LogP) is 3.18. The molecule has 0 saturated carbocycles. The first kappa shape index (κ1) is 11.7. The molecule has 2 heterocycles. The number of fused-ring (bicyclic) bond motifs is 1. The molecule has 0 aliphatic heterocycles. The molecule has 18 heavy (non-hydrogen) atoms. The molecule has 0 saturated heterocycles. The van der Waals surface area contributed by atoms with Crippen LogP contribution in [-0.2, 0) is 5.75 Å². The third kappa shape index (κ3) is 2.54. The molecule has 2 aromatic heterocycles. The second-order valence-corrected chi connectivity index (χ2v) is 5.53. The first-order chi connectivity index (χ1) is 8.81. The highest BCUT2D eigenvalue weighted by Crippen LogP contribution is 2.20. The van der Waals surface area contributed by atoms with Crippen LogP contribution in [-0.4, -0.2) is 19.6 Å². The maximum Gasteiger partial charge on any atom is 0.253 e. The standard InChI is InChI=1S/C12H9BrN4S/c13-10-4-2-9(3-5-10)8-18-12-15-11-14-6-1-7-17(11)16-12/h1-7H,8H2. The van der Waals surface area contributed by atoms with Crippen LogP contribution in [0.4, 0.5) is 0 Å². The van der Waals surface area contributed by atoms with Gasteiger partial charge in [0.15, 0.2) is 0 Å². The largest absolute Gasteiger partial charge is 0.253 e. The zero-order valence-corrected chi connectivity index (χ0v) is 11.7. The summed E-state index contributed by atoms with van der Waals surface area (Å²) in [5.74, 6) is 1.49. The van der Waals surface area contributed by atoms with Crippen LogP contribution < -0.4 is 0 Å². The Hall–Kier alpha value is -1.40. The van der Waals surface area contributed by atoms with Gasteiger partial charge in [0.1, 0.15) is 0 Å². The highest BCUT2D eigenvalue weighted by atomic mass is 79.9. The van der Waals surface area contributed by atoms with Crippen molar-refractivity contribution in [2.75, 3.05) is 0 Å². The summed E-state index contributed by atoms with van der Waals surface area (Å²) in [6, 6.07) is 10.1. The van der Waals surface area contributed by atoms with Gasteiger partial charge in [-0.25, -0.2) is 9.50 Å². The van der Waals surface area contributed by atoms with Crippen LogP contribution in [0.3, 0.4) is 0 Å². The minimum Gasteiger partial charge on any atom is -0.220 e. The molecule has 0 spiro atoms. The summed E-state index contributed by atoms with van der Waals surface area (Å²) in [7, 11) is 0. The van der Waals surface area contributed by atoms with E-state index < -0.39 is 0 Å². The Morgan fingerprint density at radius 2 is 2.06 bits per heavy atom. The van der Waals surface area contributed by atoms with E-state index in [9.17, 15) is 0 Å². The molecule has 90 valence electrons. The fourth-order valence-corrected chi connectivity index (χ4v) is 2.55. The summed E-state index contributed by atoms with van der Waals surface area (Å²) in [6.45, 7) is 0. The SMILES string of the molecule is Brc1ccc(CSc2nc3ncccn3n2)cc1. The molecule has 6 heteroatoms.